The number of hydrogen-bond acceptors (Lipinski definition) is 5. The number of benzene rings is 1. The quantitative estimate of drug-likeness (QED) is 0.776. The predicted molar refractivity (Wildman–Crippen MR) is 90.2 cm³/mol. The fourth-order valence-corrected chi connectivity index (χ4v) is 2.57. The van der Waals surface area contributed by atoms with E-state index in [0.717, 1.165) is 15.6 Å². The number of halogens is 2. The van der Waals surface area contributed by atoms with Crippen LogP contribution >= 0.6 is 28.3 Å². The van der Waals surface area contributed by atoms with E-state index in [9.17, 15) is 9.59 Å². The van der Waals surface area contributed by atoms with Crippen LogP contribution < -0.4 is 5.73 Å². The van der Waals surface area contributed by atoms with Crippen molar-refractivity contribution < 1.29 is 19.1 Å². The summed E-state index contributed by atoms with van der Waals surface area (Å²) in [5.41, 5.74) is 8.31. The van der Waals surface area contributed by atoms with Crippen LogP contribution in [0.3, 0.4) is 0 Å². The highest BCUT2D eigenvalue weighted by Gasteiger charge is 2.36. The number of rotatable bonds is 5. The van der Waals surface area contributed by atoms with Crippen LogP contribution in [0.2, 0.25) is 0 Å². The minimum Gasteiger partial charge on any atom is -0.469 e. The highest BCUT2D eigenvalue weighted by Crippen LogP contribution is 2.31. The first-order valence-corrected chi connectivity index (χ1v) is 7.29. The molecule has 0 heterocycles. The number of carbonyl (C=O) groups excluding carboxylic acids is 2. The molecular formula is C15H21BrClNO4. The van der Waals surface area contributed by atoms with Gasteiger partial charge in [-0.3, -0.25) is 9.59 Å². The van der Waals surface area contributed by atoms with E-state index in [-0.39, 0.29) is 19.0 Å². The Kier molecular flexibility index (Phi) is 8.66. The third kappa shape index (κ3) is 4.44. The smallest absolute Gasteiger partial charge is 0.314 e. The molecule has 2 N–H and O–H groups in total. The first-order chi connectivity index (χ1) is 9.87. The number of aryl methyl sites for hydroxylation is 2. The largest absolute Gasteiger partial charge is 0.469 e. The Morgan fingerprint density at radius 3 is 1.95 bits per heavy atom. The van der Waals surface area contributed by atoms with Crippen LogP contribution in [-0.4, -0.2) is 32.7 Å². The van der Waals surface area contributed by atoms with Crippen molar-refractivity contribution in [2.75, 3.05) is 20.8 Å². The van der Waals surface area contributed by atoms with E-state index in [4.69, 9.17) is 15.2 Å². The minimum atomic E-state index is -0.780. The number of ether oxygens (including phenoxy) is 2. The second kappa shape index (κ2) is 9.12. The molecule has 0 aliphatic rings. The van der Waals surface area contributed by atoms with E-state index in [1.807, 2.05) is 26.0 Å². The van der Waals surface area contributed by atoms with E-state index in [1.54, 1.807) is 0 Å². The number of nitrogens with two attached hydrogens (primary N) is 1. The third-order valence-corrected chi connectivity index (χ3v) is 4.68. The first-order valence-electron chi connectivity index (χ1n) is 6.49. The van der Waals surface area contributed by atoms with Crippen LogP contribution in [0.15, 0.2) is 16.6 Å². The van der Waals surface area contributed by atoms with Crippen LogP contribution in [0.1, 0.15) is 22.6 Å². The van der Waals surface area contributed by atoms with Crippen molar-refractivity contribution in [3.05, 3.63) is 33.3 Å². The maximum absolute atomic E-state index is 12.1. The second-order valence-electron chi connectivity index (χ2n) is 4.83. The summed E-state index contributed by atoms with van der Waals surface area (Å²) in [5.74, 6) is -2.58. The lowest BCUT2D eigenvalue weighted by molar-refractivity contribution is -0.153. The summed E-state index contributed by atoms with van der Waals surface area (Å²) in [4.78, 5) is 24.0. The first kappa shape index (κ1) is 20.9. The van der Waals surface area contributed by atoms with E-state index in [1.165, 1.54) is 14.2 Å². The Morgan fingerprint density at radius 2 is 1.59 bits per heavy atom. The Balaban J connectivity index is 0.00000441. The van der Waals surface area contributed by atoms with Crippen molar-refractivity contribution in [1.82, 2.24) is 0 Å². The van der Waals surface area contributed by atoms with Crippen LogP contribution in [0.4, 0.5) is 0 Å². The monoisotopic (exact) mass is 393 g/mol. The van der Waals surface area contributed by atoms with Gasteiger partial charge in [-0.05, 0) is 30.5 Å². The third-order valence-electron chi connectivity index (χ3n) is 3.43. The highest BCUT2D eigenvalue weighted by atomic mass is 79.9. The van der Waals surface area contributed by atoms with E-state index in [2.05, 4.69) is 15.9 Å². The minimum absolute atomic E-state index is 0. The molecule has 0 aromatic heterocycles. The molecule has 22 heavy (non-hydrogen) atoms. The fourth-order valence-electron chi connectivity index (χ4n) is 2.34. The van der Waals surface area contributed by atoms with E-state index < -0.39 is 23.8 Å². The zero-order valence-electron chi connectivity index (χ0n) is 13.0. The molecule has 0 amide bonds. The van der Waals surface area contributed by atoms with Crippen molar-refractivity contribution in [1.29, 1.82) is 0 Å². The van der Waals surface area contributed by atoms with E-state index >= 15 is 0 Å². The zero-order chi connectivity index (χ0) is 16.2. The number of methoxy groups -OCH3 is 2. The molecule has 0 radical (unpaired) electrons. The van der Waals surface area contributed by atoms with Gasteiger partial charge in [-0.25, -0.2) is 0 Å². The van der Waals surface area contributed by atoms with Gasteiger partial charge in [0.2, 0.25) is 0 Å². The molecule has 1 aromatic rings. The number of hydrogen-bond donors (Lipinski definition) is 1. The van der Waals surface area contributed by atoms with E-state index in [0.29, 0.717) is 5.56 Å². The lowest BCUT2D eigenvalue weighted by Gasteiger charge is -2.23. The SMILES string of the molecule is COC(=O)C(CN)C(C(=O)OC)c1cc(C)c(Br)c(C)c1.Cl. The van der Waals surface area contributed by atoms with Crippen molar-refractivity contribution in [2.24, 2.45) is 11.7 Å². The Morgan fingerprint density at radius 1 is 1.14 bits per heavy atom. The number of carbonyl (C=O) groups is 2. The molecule has 124 valence electrons. The molecule has 2 atom stereocenters. The summed E-state index contributed by atoms with van der Waals surface area (Å²) >= 11 is 3.48. The summed E-state index contributed by atoms with van der Waals surface area (Å²) in [7, 11) is 2.57. The van der Waals surface area contributed by atoms with Gasteiger partial charge in [-0.2, -0.15) is 0 Å². The Bertz CT molecular complexity index is 527. The van der Waals surface area contributed by atoms with Crippen molar-refractivity contribution >= 4 is 40.3 Å². The molecule has 0 saturated heterocycles. The van der Waals surface area contributed by atoms with Gasteiger partial charge in [-0.1, -0.05) is 28.1 Å². The van der Waals surface area contributed by atoms with Gasteiger partial charge in [0.05, 0.1) is 26.1 Å². The summed E-state index contributed by atoms with van der Waals surface area (Å²) in [5, 5.41) is 0. The molecule has 0 aliphatic heterocycles. The maximum Gasteiger partial charge on any atom is 0.314 e. The lowest BCUT2D eigenvalue weighted by atomic mass is 9.84. The van der Waals surface area contributed by atoms with Gasteiger partial charge >= 0.3 is 11.9 Å². The predicted octanol–water partition coefficient (Wildman–Crippen LogP) is 2.49. The molecule has 0 spiro atoms. The van der Waals surface area contributed by atoms with Gasteiger partial charge < -0.3 is 15.2 Å². The van der Waals surface area contributed by atoms with Crippen LogP contribution in [0, 0.1) is 19.8 Å². The summed E-state index contributed by atoms with van der Waals surface area (Å²) < 4.78 is 10.6. The second-order valence-corrected chi connectivity index (χ2v) is 5.63. The molecule has 1 aromatic carbocycles. The Labute approximate surface area is 145 Å². The normalized spacial score (nSPS) is 12.8. The standard InChI is InChI=1S/C15H20BrNO4.ClH/c1-8-5-10(6-9(2)13(8)16)12(15(19)21-4)11(7-17)14(18)20-3;/h5-6,11-12H,7,17H2,1-4H3;1H. The van der Waals surface area contributed by atoms with Crippen LogP contribution in [0.5, 0.6) is 0 Å². The van der Waals surface area contributed by atoms with Crippen molar-refractivity contribution in [3.63, 3.8) is 0 Å². The molecular weight excluding hydrogens is 374 g/mol. The molecule has 5 nitrogen and oxygen atoms in total. The average Bonchev–Trinajstić information content (AvgIpc) is 2.48. The molecule has 0 aliphatic carbocycles. The van der Waals surface area contributed by atoms with Crippen LogP contribution in [-0.2, 0) is 19.1 Å². The zero-order valence-corrected chi connectivity index (χ0v) is 15.4. The highest BCUT2D eigenvalue weighted by molar-refractivity contribution is 9.10. The lowest BCUT2D eigenvalue weighted by Crippen LogP contribution is -2.35. The molecule has 1 rings (SSSR count). The maximum atomic E-state index is 12.1. The average molecular weight is 395 g/mol. The molecule has 0 fully saturated rings. The molecule has 2 unspecified atom stereocenters. The van der Waals surface area contributed by atoms with Crippen molar-refractivity contribution in [3.8, 4) is 0 Å². The summed E-state index contributed by atoms with van der Waals surface area (Å²) in [6, 6.07) is 3.70. The van der Waals surface area contributed by atoms with Gasteiger partial charge in [0.25, 0.3) is 0 Å². The van der Waals surface area contributed by atoms with Gasteiger partial charge in [0.1, 0.15) is 0 Å². The van der Waals surface area contributed by atoms with Gasteiger partial charge in [0.15, 0.2) is 0 Å². The molecule has 0 bridgehead atoms. The van der Waals surface area contributed by atoms with Crippen LogP contribution in [0.25, 0.3) is 0 Å². The Hall–Kier alpha value is -1.11. The molecule has 7 heteroatoms. The van der Waals surface area contributed by atoms with Gasteiger partial charge in [-0.15, -0.1) is 12.4 Å². The fraction of sp³-hybridized carbons (Fsp3) is 0.467. The number of esters is 2. The van der Waals surface area contributed by atoms with Gasteiger partial charge in [0, 0.05) is 11.0 Å². The summed E-state index contributed by atoms with van der Waals surface area (Å²) in [6.45, 7) is 3.84. The topological polar surface area (TPSA) is 78.6 Å². The molecule has 0 saturated carbocycles. The van der Waals surface area contributed by atoms with Crippen molar-refractivity contribution in [2.45, 2.75) is 19.8 Å². The summed E-state index contributed by atoms with van der Waals surface area (Å²) in [6.07, 6.45) is 0.